The van der Waals surface area contributed by atoms with Crippen molar-refractivity contribution in [1.82, 2.24) is 0 Å². The zero-order chi connectivity index (χ0) is 16.5. The van der Waals surface area contributed by atoms with Gasteiger partial charge in [0.05, 0.1) is 0 Å². The summed E-state index contributed by atoms with van der Waals surface area (Å²) in [5.74, 6) is -0.0988. The van der Waals surface area contributed by atoms with E-state index < -0.39 is 5.60 Å². The van der Waals surface area contributed by atoms with E-state index in [0.717, 1.165) is 31.3 Å². The summed E-state index contributed by atoms with van der Waals surface area (Å²) in [4.78, 5) is 24.0. The Hall–Kier alpha value is -1.58. The molecule has 4 rings (SSSR count). The summed E-state index contributed by atoms with van der Waals surface area (Å²) in [6.07, 6.45) is 8.66. The maximum atomic E-state index is 12.1. The second-order valence-corrected chi connectivity index (χ2v) is 8.36. The number of hydrogen-bond donors (Lipinski definition) is 0. The molecule has 0 aromatic carbocycles. The molecule has 3 atom stereocenters. The predicted molar refractivity (Wildman–Crippen MR) is 84.4 cm³/mol. The Balaban J connectivity index is 1.88. The SMILES string of the molecule is CC1=C[C@@]2(CC[C@@H]3C(C)(C)CCC[C@@]34COC(=O)C=C42)OC1=O. The molecule has 2 saturated carbocycles. The van der Waals surface area contributed by atoms with Gasteiger partial charge in [0.25, 0.3) is 0 Å². The molecule has 0 amide bonds. The van der Waals surface area contributed by atoms with Crippen LogP contribution >= 0.6 is 0 Å². The molecule has 4 nitrogen and oxygen atoms in total. The topological polar surface area (TPSA) is 52.6 Å². The van der Waals surface area contributed by atoms with Gasteiger partial charge in [-0.3, -0.25) is 0 Å². The van der Waals surface area contributed by atoms with Crippen LogP contribution in [0.4, 0.5) is 0 Å². The average Bonchev–Trinajstić information content (AvgIpc) is 2.75. The normalized spacial score (nSPS) is 41.4. The second-order valence-electron chi connectivity index (χ2n) is 8.36. The molecule has 124 valence electrons. The number of carbonyl (C=O) groups is 2. The lowest BCUT2D eigenvalue weighted by Crippen LogP contribution is -2.58. The highest BCUT2D eigenvalue weighted by Gasteiger charge is 2.62. The number of cyclic esters (lactones) is 1. The van der Waals surface area contributed by atoms with E-state index in [1.165, 1.54) is 6.42 Å². The maximum absolute atomic E-state index is 12.1. The molecular weight excluding hydrogens is 292 g/mol. The van der Waals surface area contributed by atoms with Crippen molar-refractivity contribution >= 4 is 11.9 Å². The molecular formula is C19H24O4. The Bertz CT molecular complexity index is 656. The van der Waals surface area contributed by atoms with Gasteiger partial charge in [0.1, 0.15) is 6.61 Å². The monoisotopic (exact) mass is 316 g/mol. The molecule has 4 aliphatic rings. The molecule has 0 N–H and O–H groups in total. The molecule has 0 radical (unpaired) electrons. The highest BCUT2D eigenvalue weighted by molar-refractivity contribution is 5.93. The molecule has 0 aromatic heterocycles. The van der Waals surface area contributed by atoms with Crippen molar-refractivity contribution in [2.24, 2.45) is 16.7 Å². The highest BCUT2D eigenvalue weighted by Crippen LogP contribution is 2.64. The molecule has 2 fully saturated rings. The van der Waals surface area contributed by atoms with Gasteiger partial charge in [-0.05, 0) is 55.6 Å². The van der Waals surface area contributed by atoms with E-state index in [4.69, 9.17) is 9.47 Å². The minimum atomic E-state index is -0.718. The Morgan fingerprint density at radius 3 is 2.65 bits per heavy atom. The number of hydrogen-bond acceptors (Lipinski definition) is 4. The van der Waals surface area contributed by atoms with E-state index >= 15 is 0 Å². The fourth-order valence-corrected chi connectivity index (χ4v) is 5.68. The lowest BCUT2D eigenvalue weighted by atomic mass is 9.46. The fourth-order valence-electron chi connectivity index (χ4n) is 5.68. The van der Waals surface area contributed by atoms with Crippen molar-refractivity contribution in [3.63, 3.8) is 0 Å². The molecule has 0 bridgehead atoms. The first-order chi connectivity index (χ1) is 10.8. The molecule has 0 saturated heterocycles. The molecule has 2 aliphatic carbocycles. The molecule has 0 aromatic rings. The van der Waals surface area contributed by atoms with Gasteiger partial charge < -0.3 is 9.47 Å². The first kappa shape index (κ1) is 15.0. The van der Waals surface area contributed by atoms with Crippen LogP contribution < -0.4 is 0 Å². The number of rotatable bonds is 0. The van der Waals surface area contributed by atoms with Crippen LogP contribution in [0.1, 0.15) is 52.9 Å². The van der Waals surface area contributed by atoms with Gasteiger partial charge in [0.2, 0.25) is 0 Å². The molecule has 2 heterocycles. The minimum Gasteiger partial charge on any atom is -0.462 e. The Morgan fingerprint density at radius 2 is 1.96 bits per heavy atom. The van der Waals surface area contributed by atoms with Crippen LogP contribution in [0.2, 0.25) is 0 Å². The molecule has 4 heteroatoms. The summed E-state index contributed by atoms with van der Waals surface area (Å²) in [6.45, 7) is 6.87. The van der Waals surface area contributed by atoms with Gasteiger partial charge in [0, 0.05) is 17.1 Å². The van der Waals surface area contributed by atoms with Crippen molar-refractivity contribution in [1.29, 1.82) is 0 Å². The standard InChI is InChI=1S/C19H24O4/c1-12-10-19(23-16(12)21)8-5-13-17(2,3)6-4-7-18(13)11-22-15(20)9-14(18)19/h9-10,13H,4-8,11H2,1-3H3/t13-,18-,19-/m1/s1. The quantitative estimate of drug-likeness (QED) is 0.643. The summed E-state index contributed by atoms with van der Waals surface area (Å²) in [6, 6.07) is 0. The number of ether oxygens (including phenoxy) is 2. The zero-order valence-electron chi connectivity index (χ0n) is 14.1. The van der Waals surface area contributed by atoms with E-state index in [9.17, 15) is 9.59 Å². The summed E-state index contributed by atoms with van der Waals surface area (Å²) >= 11 is 0. The summed E-state index contributed by atoms with van der Waals surface area (Å²) in [5.41, 5.74) is 0.966. The maximum Gasteiger partial charge on any atom is 0.334 e. The number of carbonyl (C=O) groups excluding carboxylic acids is 2. The number of fused-ring (bicyclic) bond motifs is 1. The largest absolute Gasteiger partial charge is 0.462 e. The van der Waals surface area contributed by atoms with Crippen LogP contribution in [-0.2, 0) is 19.1 Å². The third-order valence-corrected chi connectivity index (χ3v) is 6.63. The van der Waals surface area contributed by atoms with Crippen molar-refractivity contribution in [3.8, 4) is 0 Å². The summed E-state index contributed by atoms with van der Waals surface area (Å²) in [5, 5.41) is 0. The Kier molecular flexibility index (Phi) is 2.92. The fraction of sp³-hybridized carbons (Fsp3) is 0.684. The van der Waals surface area contributed by atoms with E-state index in [2.05, 4.69) is 13.8 Å². The molecule has 2 spiro atoms. The van der Waals surface area contributed by atoms with Crippen LogP contribution in [0, 0.1) is 16.7 Å². The third kappa shape index (κ3) is 1.90. The van der Waals surface area contributed by atoms with E-state index in [0.29, 0.717) is 18.1 Å². The van der Waals surface area contributed by atoms with Gasteiger partial charge in [0.15, 0.2) is 5.60 Å². The lowest BCUT2D eigenvalue weighted by molar-refractivity contribution is -0.163. The van der Waals surface area contributed by atoms with Crippen molar-refractivity contribution in [3.05, 3.63) is 23.3 Å². The van der Waals surface area contributed by atoms with Gasteiger partial charge in [-0.15, -0.1) is 0 Å². The Labute approximate surface area is 136 Å². The third-order valence-electron chi connectivity index (χ3n) is 6.63. The van der Waals surface area contributed by atoms with Crippen molar-refractivity contribution in [2.75, 3.05) is 6.61 Å². The summed E-state index contributed by atoms with van der Waals surface area (Å²) in [7, 11) is 0. The second kappa shape index (κ2) is 4.49. The smallest absolute Gasteiger partial charge is 0.334 e. The summed E-state index contributed by atoms with van der Waals surface area (Å²) < 4.78 is 11.3. The van der Waals surface area contributed by atoms with Crippen LogP contribution in [0.15, 0.2) is 23.3 Å². The van der Waals surface area contributed by atoms with E-state index in [1.807, 2.05) is 6.08 Å². The average molecular weight is 316 g/mol. The predicted octanol–water partition coefficient (Wildman–Crippen LogP) is 3.32. The highest BCUT2D eigenvalue weighted by atomic mass is 16.6. The van der Waals surface area contributed by atoms with E-state index in [1.54, 1.807) is 13.0 Å². The first-order valence-electron chi connectivity index (χ1n) is 8.61. The lowest BCUT2D eigenvalue weighted by Gasteiger charge is -2.60. The van der Waals surface area contributed by atoms with Crippen LogP contribution in [0.5, 0.6) is 0 Å². The Morgan fingerprint density at radius 1 is 1.17 bits per heavy atom. The number of esters is 2. The minimum absolute atomic E-state index is 0.171. The van der Waals surface area contributed by atoms with Gasteiger partial charge in [-0.2, -0.15) is 0 Å². The molecule has 0 unspecified atom stereocenters. The first-order valence-corrected chi connectivity index (χ1v) is 8.61. The van der Waals surface area contributed by atoms with Gasteiger partial charge in [-0.1, -0.05) is 20.3 Å². The van der Waals surface area contributed by atoms with Crippen LogP contribution in [0.3, 0.4) is 0 Å². The van der Waals surface area contributed by atoms with Crippen LogP contribution in [-0.4, -0.2) is 24.1 Å². The zero-order valence-corrected chi connectivity index (χ0v) is 14.1. The molecule has 23 heavy (non-hydrogen) atoms. The van der Waals surface area contributed by atoms with E-state index in [-0.39, 0.29) is 22.8 Å². The van der Waals surface area contributed by atoms with Crippen molar-refractivity contribution < 1.29 is 19.1 Å². The van der Waals surface area contributed by atoms with Gasteiger partial charge >= 0.3 is 11.9 Å². The molecule has 2 aliphatic heterocycles. The van der Waals surface area contributed by atoms with Crippen LogP contribution in [0.25, 0.3) is 0 Å². The van der Waals surface area contributed by atoms with Crippen molar-refractivity contribution in [2.45, 2.75) is 58.5 Å². The van der Waals surface area contributed by atoms with Gasteiger partial charge in [-0.25, -0.2) is 9.59 Å².